The number of carbonyl (C=O) groups is 3. The average Bonchev–Trinajstić information content (AvgIpc) is 3.11. The van der Waals surface area contributed by atoms with E-state index in [1.807, 2.05) is 30.0 Å². The summed E-state index contributed by atoms with van der Waals surface area (Å²) in [6.07, 6.45) is 2.01. The number of benzene rings is 1. The van der Waals surface area contributed by atoms with Crippen molar-refractivity contribution < 1.29 is 14.4 Å². The molecule has 0 N–H and O–H groups in total. The number of hydrogen-bond acceptors (Lipinski definition) is 4. The summed E-state index contributed by atoms with van der Waals surface area (Å²) < 4.78 is 0. The molecule has 1 aromatic carbocycles. The lowest BCUT2D eigenvalue weighted by Crippen LogP contribution is -2.26. The third kappa shape index (κ3) is 3.48. The molecule has 2 aliphatic rings. The van der Waals surface area contributed by atoms with E-state index in [1.165, 1.54) is 11.8 Å². The monoisotopic (exact) mass is 346 g/mol. The van der Waals surface area contributed by atoms with Crippen LogP contribution in [0.1, 0.15) is 31.7 Å². The fraction of sp³-hybridized carbons (Fsp3) is 0.500. The fourth-order valence-electron chi connectivity index (χ4n) is 3.39. The van der Waals surface area contributed by atoms with Crippen molar-refractivity contribution in [3.63, 3.8) is 0 Å². The zero-order chi connectivity index (χ0) is 17.3. The Hall–Kier alpha value is -1.82. The predicted molar refractivity (Wildman–Crippen MR) is 96.4 cm³/mol. The summed E-state index contributed by atoms with van der Waals surface area (Å²) in [7, 11) is 0. The van der Waals surface area contributed by atoms with Crippen LogP contribution >= 0.6 is 11.8 Å². The van der Waals surface area contributed by atoms with Crippen LogP contribution < -0.4 is 9.80 Å². The maximum atomic E-state index is 12.3. The molecule has 6 heteroatoms. The highest BCUT2D eigenvalue weighted by Crippen LogP contribution is 2.32. The molecule has 2 aliphatic heterocycles. The zero-order valence-electron chi connectivity index (χ0n) is 14.1. The summed E-state index contributed by atoms with van der Waals surface area (Å²) in [6, 6.07) is 5.85. The van der Waals surface area contributed by atoms with Crippen LogP contribution in [-0.4, -0.2) is 35.8 Å². The first-order valence-electron chi connectivity index (χ1n) is 8.30. The molecule has 0 aliphatic carbocycles. The molecule has 1 unspecified atom stereocenters. The van der Waals surface area contributed by atoms with Gasteiger partial charge in [0.25, 0.3) is 0 Å². The number of aryl methyl sites for hydroxylation is 1. The molecule has 2 saturated heterocycles. The minimum absolute atomic E-state index is 0.0939. The molecular formula is C18H22N2O3S. The molecule has 5 nitrogen and oxygen atoms in total. The highest BCUT2D eigenvalue weighted by Gasteiger charge is 2.31. The average molecular weight is 346 g/mol. The Morgan fingerprint density at radius 2 is 2.04 bits per heavy atom. The van der Waals surface area contributed by atoms with Gasteiger partial charge in [-0.15, -0.1) is 0 Å². The van der Waals surface area contributed by atoms with Gasteiger partial charge in [-0.2, -0.15) is 0 Å². The van der Waals surface area contributed by atoms with Crippen LogP contribution in [0.3, 0.4) is 0 Å². The van der Waals surface area contributed by atoms with E-state index in [4.69, 9.17) is 0 Å². The van der Waals surface area contributed by atoms with Crippen molar-refractivity contribution in [1.29, 1.82) is 0 Å². The van der Waals surface area contributed by atoms with Gasteiger partial charge < -0.3 is 9.80 Å². The minimum Gasteiger partial charge on any atom is -0.312 e. The number of hydrogen-bond donors (Lipinski definition) is 0. The molecule has 2 fully saturated rings. The van der Waals surface area contributed by atoms with E-state index in [0.717, 1.165) is 29.9 Å². The number of anilines is 2. The second kappa shape index (κ2) is 6.97. The van der Waals surface area contributed by atoms with E-state index in [9.17, 15) is 14.4 Å². The molecule has 0 radical (unpaired) electrons. The second-order valence-electron chi connectivity index (χ2n) is 6.50. The molecule has 0 bridgehead atoms. The van der Waals surface area contributed by atoms with E-state index < -0.39 is 0 Å². The quantitative estimate of drug-likeness (QED) is 0.841. The standard InChI is InChI=1S/C18H22N2O3S/c1-12-8-15(5-6-16(12)19-7-3-4-17(19)22)20-10-14(9-18(20)23)11-24-13(2)21/h5-6,8,14H,3-4,7,9-11H2,1-2H3. The number of carbonyl (C=O) groups excluding carboxylic acids is 3. The summed E-state index contributed by atoms with van der Waals surface area (Å²) in [5.41, 5.74) is 2.83. The van der Waals surface area contributed by atoms with E-state index in [0.29, 0.717) is 25.1 Å². The van der Waals surface area contributed by atoms with Crippen LogP contribution in [0.5, 0.6) is 0 Å². The number of thioether (sulfide) groups is 1. The van der Waals surface area contributed by atoms with Gasteiger partial charge in [-0.3, -0.25) is 14.4 Å². The lowest BCUT2D eigenvalue weighted by molar-refractivity contribution is -0.118. The maximum absolute atomic E-state index is 12.3. The highest BCUT2D eigenvalue weighted by atomic mass is 32.2. The predicted octanol–water partition coefficient (Wildman–Crippen LogP) is 2.75. The first-order chi connectivity index (χ1) is 11.5. The lowest BCUT2D eigenvalue weighted by Gasteiger charge is -2.22. The minimum atomic E-state index is 0.0939. The Balaban J connectivity index is 1.73. The molecule has 1 aromatic rings. The number of nitrogens with zero attached hydrogens (tertiary/aromatic N) is 2. The van der Waals surface area contributed by atoms with Gasteiger partial charge in [-0.25, -0.2) is 0 Å². The molecular weight excluding hydrogens is 324 g/mol. The summed E-state index contributed by atoms with van der Waals surface area (Å²) in [5.74, 6) is 1.18. The molecule has 0 spiro atoms. The van der Waals surface area contributed by atoms with Crippen molar-refractivity contribution in [2.75, 3.05) is 28.6 Å². The third-order valence-electron chi connectivity index (χ3n) is 4.58. The maximum Gasteiger partial charge on any atom is 0.227 e. The Labute approximate surface area is 146 Å². The molecule has 128 valence electrons. The Bertz CT molecular complexity index is 689. The van der Waals surface area contributed by atoms with Gasteiger partial charge in [0, 0.05) is 50.0 Å². The van der Waals surface area contributed by atoms with Crippen molar-refractivity contribution in [2.24, 2.45) is 5.92 Å². The van der Waals surface area contributed by atoms with Crippen LogP contribution in [0.25, 0.3) is 0 Å². The van der Waals surface area contributed by atoms with Crippen LogP contribution in [0.4, 0.5) is 11.4 Å². The molecule has 0 saturated carbocycles. The Morgan fingerprint density at radius 3 is 2.67 bits per heavy atom. The first-order valence-corrected chi connectivity index (χ1v) is 9.29. The van der Waals surface area contributed by atoms with Gasteiger partial charge in [0.1, 0.15) is 0 Å². The number of rotatable bonds is 4. The van der Waals surface area contributed by atoms with E-state index in [1.54, 1.807) is 11.8 Å². The van der Waals surface area contributed by atoms with Crippen molar-refractivity contribution in [1.82, 2.24) is 0 Å². The molecule has 3 rings (SSSR count). The van der Waals surface area contributed by atoms with Gasteiger partial charge >= 0.3 is 0 Å². The third-order valence-corrected chi connectivity index (χ3v) is 5.63. The van der Waals surface area contributed by atoms with Gasteiger partial charge in [0.15, 0.2) is 5.12 Å². The molecule has 1 atom stereocenters. The second-order valence-corrected chi connectivity index (χ2v) is 7.69. The Kier molecular flexibility index (Phi) is 4.94. The summed E-state index contributed by atoms with van der Waals surface area (Å²) in [5, 5.41) is 0.0939. The first kappa shape index (κ1) is 17.0. The highest BCUT2D eigenvalue weighted by molar-refractivity contribution is 8.13. The van der Waals surface area contributed by atoms with E-state index >= 15 is 0 Å². The molecule has 0 aromatic heterocycles. The zero-order valence-corrected chi connectivity index (χ0v) is 14.9. The summed E-state index contributed by atoms with van der Waals surface area (Å²) in [4.78, 5) is 39.0. The van der Waals surface area contributed by atoms with Gasteiger partial charge in [0.2, 0.25) is 11.8 Å². The lowest BCUT2D eigenvalue weighted by atomic mass is 10.1. The van der Waals surface area contributed by atoms with E-state index in [-0.39, 0.29) is 22.8 Å². The molecule has 2 amide bonds. The van der Waals surface area contributed by atoms with Gasteiger partial charge in [-0.05, 0) is 43.0 Å². The van der Waals surface area contributed by atoms with Gasteiger partial charge in [0.05, 0.1) is 0 Å². The van der Waals surface area contributed by atoms with Crippen LogP contribution in [0.2, 0.25) is 0 Å². The van der Waals surface area contributed by atoms with Crippen molar-refractivity contribution in [2.45, 2.75) is 33.1 Å². The summed E-state index contributed by atoms with van der Waals surface area (Å²) in [6.45, 7) is 4.96. The largest absolute Gasteiger partial charge is 0.312 e. The van der Waals surface area contributed by atoms with E-state index in [2.05, 4.69) is 0 Å². The van der Waals surface area contributed by atoms with Crippen LogP contribution in [0, 0.1) is 12.8 Å². The topological polar surface area (TPSA) is 57.7 Å². The molecule has 2 heterocycles. The van der Waals surface area contributed by atoms with Crippen LogP contribution in [0.15, 0.2) is 18.2 Å². The SMILES string of the molecule is CC(=O)SCC1CC(=O)N(c2ccc(N3CCCC3=O)c(C)c2)C1. The fourth-order valence-corrected chi connectivity index (χ4v) is 4.08. The smallest absolute Gasteiger partial charge is 0.227 e. The van der Waals surface area contributed by atoms with Crippen molar-refractivity contribution in [3.8, 4) is 0 Å². The van der Waals surface area contributed by atoms with Gasteiger partial charge in [-0.1, -0.05) is 11.8 Å². The van der Waals surface area contributed by atoms with Crippen molar-refractivity contribution in [3.05, 3.63) is 23.8 Å². The summed E-state index contributed by atoms with van der Waals surface area (Å²) >= 11 is 1.29. The van der Waals surface area contributed by atoms with Crippen molar-refractivity contribution >= 4 is 40.1 Å². The normalized spacial score (nSPS) is 21.0. The van der Waals surface area contributed by atoms with Crippen LogP contribution in [-0.2, 0) is 14.4 Å². The number of amides is 2. The Morgan fingerprint density at radius 1 is 1.25 bits per heavy atom. The molecule has 24 heavy (non-hydrogen) atoms.